The average molecular weight is 862 g/mol. The van der Waals surface area contributed by atoms with Crippen molar-refractivity contribution in [2.75, 3.05) is 4.90 Å². The Labute approximate surface area is 391 Å². The van der Waals surface area contributed by atoms with Crippen molar-refractivity contribution in [1.82, 2.24) is 19.1 Å². The second-order valence-corrected chi connectivity index (χ2v) is 17.3. The molecule has 320 valence electrons. The van der Waals surface area contributed by atoms with Crippen molar-refractivity contribution in [3.8, 4) is 68.7 Å². The van der Waals surface area contributed by atoms with Crippen LogP contribution in [0.3, 0.4) is 0 Å². The lowest BCUT2D eigenvalue weighted by atomic mass is 9.93. The van der Waals surface area contributed by atoms with E-state index in [2.05, 4.69) is 218 Å². The molecule has 2 heterocycles. The van der Waals surface area contributed by atoms with Crippen molar-refractivity contribution in [2.45, 2.75) is 27.7 Å². The second kappa shape index (κ2) is 17.0. The lowest BCUT2D eigenvalue weighted by molar-refractivity contribution is 1.10. The fraction of sp³-hybridized carbons (Fsp3) is 0.0645. The van der Waals surface area contributed by atoms with Gasteiger partial charge in [-0.3, -0.25) is 9.13 Å². The van der Waals surface area contributed by atoms with Gasteiger partial charge in [-0.2, -0.15) is 0 Å². The highest BCUT2D eigenvalue weighted by Gasteiger charge is 2.20. The zero-order chi connectivity index (χ0) is 45.6. The fourth-order valence-electron chi connectivity index (χ4n) is 9.66. The summed E-state index contributed by atoms with van der Waals surface area (Å²) in [4.78, 5) is 12.6. The molecule has 5 nitrogen and oxygen atoms in total. The molecule has 0 N–H and O–H groups in total. The summed E-state index contributed by atoms with van der Waals surface area (Å²) < 4.78 is 4.51. The normalized spacial score (nSPS) is 11.3. The molecule has 0 fully saturated rings. The van der Waals surface area contributed by atoms with E-state index in [-0.39, 0.29) is 0 Å². The minimum atomic E-state index is 0.846. The van der Waals surface area contributed by atoms with Gasteiger partial charge < -0.3 is 4.90 Å². The smallest absolute Gasteiger partial charge is 0.145 e. The van der Waals surface area contributed by atoms with Gasteiger partial charge in [0.15, 0.2) is 0 Å². The first-order valence-electron chi connectivity index (χ1n) is 22.7. The van der Waals surface area contributed by atoms with E-state index in [1.165, 1.54) is 44.5 Å². The number of nitrogens with zero attached hydrogens (tertiary/aromatic N) is 5. The molecule has 0 aliphatic carbocycles. The predicted octanol–water partition coefficient (Wildman–Crippen LogP) is 15.7. The average Bonchev–Trinajstić information content (AvgIpc) is 3.95. The summed E-state index contributed by atoms with van der Waals surface area (Å²) in [5, 5.41) is 0. The van der Waals surface area contributed by atoms with Gasteiger partial charge in [-0.1, -0.05) is 103 Å². The molecule has 0 atom stereocenters. The Morgan fingerprint density at radius 3 is 1.16 bits per heavy atom. The first-order chi connectivity index (χ1) is 32.8. The van der Waals surface area contributed by atoms with Crippen LogP contribution in [0.2, 0.25) is 0 Å². The molecule has 0 unspecified atom stereocenters. The van der Waals surface area contributed by atoms with E-state index in [9.17, 15) is 0 Å². The molecule has 0 radical (unpaired) electrons. The minimum absolute atomic E-state index is 0.846. The molecule has 0 amide bonds. The van der Waals surface area contributed by atoms with Crippen LogP contribution < -0.4 is 4.90 Å². The van der Waals surface area contributed by atoms with Crippen LogP contribution in [0.25, 0.3) is 78.5 Å². The third-order valence-corrected chi connectivity index (χ3v) is 12.9. The monoisotopic (exact) mass is 861 g/mol. The number of benzene rings is 9. The lowest BCUT2D eigenvalue weighted by Crippen LogP contribution is -2.11. The number of aryl methyl sites for hydroxylation is 4. The first kappa shape index (κ1) is 41.0. The summed E-state index contributed by atoms with van der Waals surface area (Å²) in [6.45, 7) is 8.80. The van der Waals surface area contributed by atoms with Crippen LogP contribution in [0.4, 0.5) is 17.1 Å². The Hall–Kier alpha value is -8.72. The van der Waals surface area contributed by atoms with E-state index >= 15 is 0 Å². The number of anilines is 3. The molecule has 0 bridgehead atoms. The fourth-order valence-corrected chi connectivity index (χ4v) is 9.66. The van der Waals surface area contributed by atoms with Crippen molar-refractivity contribution in [2.24, 2.45) is 0 Å². The number of aromatic nitrogens is 4. The highest BCUT2D eigenvalue weighted by molar-refractivity contribution is 5.87. The zero-order valence-electron chi connectivity index (χ0n) is 37.9. The van der Waals surface area contributed by atoms with Gasteiger partial charge in [0, 0.05) is 45.1 Å². The van der Waals surface area contributed by atoms with Crippen LogP contribution in [-0.2, 0) is 0 Å². The predicted molar refractivity (Wildman–Crippen MR) is 279 cm³/mol. The van der Waals surface area contributed by atoms with Crippen LogP contribution >= 0.6 is 0 Å². The summed E-state index contributed by atoms with van der Waals surface area (Å²) in [6.07, 6.45) is 5.82. The number of imidazole rings is 2. The van der Waals surface area contributed by atoms with E-state index < -0.39 is 0 Å². The Kier molecular flexibility index (Phi) is 10.4. The van der Waals surface area contributed by atoms with Crippen molar-refractivity contribution in [3.63, 3.8) is 0 Å². The van der Waals surface area contributed by atoms with Crippen LogP contribution in [0, 0.1) is 40.0 Å². The van der Waals surface area contributed by atoms with Gasteiger partial charge in [0.1, 0.15) is 11.6 Å². The maximum atomic E-state index is 5.82. The van der Waals surface area contributed by atoms with Gasteiger partial charge in [0.2, 0.25) is 0 Å². The highest BCUT2D eigenvalue weighted by Crippen LogP contribution is 2.41. The number of terminal acetylenes is 1. The molecule has 11 aromatic rings. The first-order valence-corrected chi connectivity index (χ1v) is 22.7. The number of para-hydroxylation sites is 6. The largest absolute Gasteiger partial charge is 0.310 e. The summed E-state index contributed by atoms with van der Waals surface area (Å²) in [7, 11) is 0. The van der Waals surface area contributed by atoms with E-state index in [1.54, 1.807) is 0 Å². The second-order valence-electron chi connectivity index (χ2n) is 17.3. The lowest BCUT2D eigenvalue weighted by Gasteiger charge is -2.27. The van der Waals surface area contributed by atoms with Gasteiger partial charge in [-0.15, -0.1) is 6.42 Å². The maximum Gasteiger partial charge on any atom is 0.145 e. The Morgan fingerprint density at radius 1 is 0.388 bits per heavy atom. The van der Waals surface area contributed by atoms with Crippen molar-refractivity contribution in [1.29, 1.82) is 0 Å². The number of hydrogen-bond donors (Lipinski definition) is 0. The van der Waals surface area contributed by atoms with Crippen LogP contribution in [0.5, 0.6) is 0 Å². The molecule has 11 rings (SSSR count). The molecule has 0 spiro atoms. The summed E-state index contributed by atoms with van der Waals surface area (Å²) in [5.41, 5.74) is 21.9. The molecule has 0 saturated carbocycles. The van der Waals surface area contributed by atoms with Gasteiger partial charge in [-0.25, -0.2) is 9.97 Å². The molecule has 0 saturated heterocycles. The van der Waals surface area contributed by atoms with E-state index in [0.29, 0.717) is 0 Å². The quantitative estimate of drug-likeness (QED) is 0.136. The third-order valence-electron chi connectivity index (χ3n) is 12.9. The SMILES string of the molecule is C#Cc1ccc(N(c2ccc(-c3ccc(-c4nc5ccccc5n4-c4ccccc4)cc3C)c(C)c2)c2ccc(-c3ccc(-c4nc5ccccc5n4-c4ccccc4)cc3C)c(C)c2)cc1. The Balaban J connectivity index is 0.934. The minimum Gasteiger partial charge on any atom is -0.310 e. The molecular weight excluding hydrogens is 815 g/mol. The van der Waals surface area contributed by atoms with Gasteiger partial charge in [-0.05, 0) is 181 Å². The molecule has 67 heavy (non-hydrogen) atoms. The molecule has 5 heteroatoms. The molecule has 0 aliphatic rings. The van der Waals surface area contributed by atoms with Gasteiger partial charge >= 0.3 is 0 Å². The van der Waals surface area contributed by atoms with E-state index in [0.717, 1.165) is 78.8 Å². The van der Waals surface area contributed by atoms with Crippen molar-refractivity contribution < 1.29 is 0 Å². The number of rotatable bonds is 9. The van der Waals surface area contributed by atoms with Gasteiger partial charge in [0.05, 0.1) is 22.1 Å². The topological polar surface area (TPSA) is 38.9 Å². The van der Waals surface area contributed by atoms with Crippen molar-refractivity contribution in [3.05, 3.63) is 234 Å². The van der Waals surface area contributed by atoms with E-state index in [4.69, 9.17) is 16.4 Å². The van der Waals surface area contributed by atoms with Crippen LogP contribution in [-0.4, -0.2) is 19.1 Å². The molecule has 9 aromatic carbocycles. The van der Waals surface area contributed by atoms with Gasteiger partial charge in [0.25, 0.3) is 0 Å². The van der Waals surface area contributed by atoms with Crippen LogP contribution in [0.1, 0.15) is 27.8 Å². The molecule has 2 aromatic heterocycles. The standard InChI is InChI=1S/C62H47N5/c1-6-45-25-29-50(30-26-45)65(51-31-35-55(43(4)39-51)53-33-27-46(37-41(53)2)61-63-57-21-13-15-23-59(57)66(61)48-17-9-7-10-18-48)52-32-36-56(44(5)40-52)54-34-28-47(38-42(54)3)62-64-58-22-14-16-24-60(58)67(62)49-19-11-8-12-20-49/h1,7-40H,2-5H3. The third kappa shape index (κ3) is 7.45. The summed E-state index contributed by atoms with van der Waals surface area (Å²) in [5.74, 6) is 4.64. The Bertz CT molecular complexity index is 3470. The maximum absolute atomic E-state index is 5.82. The Morgan fingerprint density at radius 2 is 0.761 bits per heavy atom. The van der Waals surface area contributed by atoms with Crippen LogP contribution in [0.15, 0.2) is 206 Å². The summed E-state index contributed by atoms with van der Waals surface area (Å²) >= 11 is 0. The molecular formula is C62H47N5. The number of fused-ring (bicyclic) bond motifs is 2. The molecule has 0 aliphatic heterocycles. The van der Waals surface area contributed by atoms with Crippen molar-refractivity contribution >= 4 is 39.1 Å². The van der Waals surface area contributed by atoms with E-state index in [1.807, 2.05) is 36.4 Å². The summed E-state index contributed by atoms with van der Waals surface area (Å²) in [6, 6.07) is 72.9. The highest BCUT2D eigenvalue weighted by atomic mass is 15.1. The zero-order valence-corrected chi connectivity index (χ0v) is 37.9. The number of hydrogen-bond acceptors (Lipinski definition) is 3.